The lowest BCUT2D eigenvalue weighted by atomic mass is 10.1. The quantitative estimate of drug-likeness (QED) is 0.0348. The molecule has 1 unspecified atom stereocenters. The summed E-state index contributed by atoms with van der Waals surface area (Å²) in [6.07, 6.45) is 74.7. The highest BCUT2D eigenvalue weighted by molar-refractivity contribution is 5.72. The van der Waals surface area contributed by atoms with Crippen molar-refractivity contribution in [3.63, 3.8) is 0 Å². The van der Waals surface area contributed by atoms with Gasteiger partial charge >= 0.3 is 11.9 Å². The molecule has 0 spiro atoms. The first-order valence-corrected chi connectivity index (χ1v) is 24.4. The third-order valence-electron chi connectivity index (χ3n) is 9.41. The molecule has 0 aliphatic carbocycles. The molecule has 0 amide bonds. The van der Waals surface area contributed by atoms with Gasteiger partial charge in [0.1, 0.15) is 6.61 Å². The van der Waals surface area contributed by atoms with Crippen molar-refractivity contribution in [1.29, 1.82) is 0 Å². The second-order valence-corrected chi connectivity index (χ2v) is 15.3. The van der Waals surface area contributed by atoms with Gasteiger partial charge in [-0.25, -0.2) is 0 Å². The molecular weight excluding hydrogens is 765 g/mol. The van der Waals surface area contributed by atoms with Crippen molar-refractivity contribution in [2.24, 2.45) is 0 Å². The Labute approximate surface area is 381 Å². The number of ether oxygens (including phenoxy) is 3. The van der Waals surface area contributed by atoms with E-state index < -0.39 is 6.10 Å². The molecule has 62 heavy (non-hydrogen) atoms. The van der Waals surface area contributed by atoms with Crippen LogP contribution in [0.2, 0.25) is 0 Å². The normalized spacial score (nSPS) is 13.5. The van der Waals surface area contributed by atoms with Gasteiger partial charge in [-0.1, -0.05) is 205 Å². The van der Waals surface area contributed by atoms with E-state index in [1.54, 1.807) is 0 Å². The molecule has 0 fully saturated rings. The summed E-state index contributed by atoms with van der Waals surface area (Å²) in [6.45, 7) is 7.30. The maximum Gasteiger partial charge on any atom is 0.310 e. The van der Waals surface area contributed by atoms with Crippen LogP contribution < -0.4 is 0 Å². The number of carbonyl (C=O) groups excluding carboxylic acids is 2. The molecule has 0 bridgehead atoms. The lowest BCUT2D eigenvalue weighted by Crippen LogP contribution is -2.29. The van der Waals surface area contributed by atoms with Crippen LogP contribution in [0, 0.1) is 0 Å². The lowest BCUT2D eigenvalue weighted by molar-refractivity contribution is -0.161. The second-order valence-electron chi connectivity index (χ2n) is 15.3. The molecule has 0 aromatic carbocycles. The molecule has 0 aromatic rings. The van der Waals surface area contributed by atoms with Gasteiger partial charge in [0.2, 0.25) is 0 Å². The van der Waals surface area contributed by atoms with Crippen molar-refractivity contribution in [3.8, 4) is 0 Å². The molecular formula is C57H88O5. The minimum atomic E-state index is -0.646. The zero-order valence-electron chi connectivity index (χ0n) is 39.6. The van der Waals surface area contributed by atoms with E-state index in [0.29, 0.717) is 6.61 Å². The van der Waals surface area contributed by atoms with Crippen LogP contribution in [0.1, 0.15) is 175 Å². The van der Waals surface area contributed by atoms with E-state index in [4.69, 9.17) is 14.2 Å². The van der Waals surface area contributed by atoms with E-state index in [1.807, 2.05) is 24.3 Å². The smallest absolute Gasteiger partial charge is 0.310 e. The second kappa shape index (κ2) is 51.1. The van der Waals surface area contributed by atoms with Gasteiger partial charge in [-0.05, 0) is 103 Å². The molecule has 0 saturated heterocycles. The Morgan fingerprint density at radius 3 is 1.16 bits per heavy atom. The maximum absolute atomic E-state index is 12.7. The summed E-state index contributed by atoms with van der Waals surface area (Å²) in [5, 5.41) is 0. The van der Waals surface area contributed by atoms with Crippen LogP contribution >= 0.6 is 0 Å². The third-order valence-corrected chi connectivity index (χ3v) is 9.41. The van der Waals surface area contributed by atoms with E-state index in [9.17, 15) is 9.59 Å². The molecule has 0 rings (SSSR count). The van der Waals surface area contributed by atoms with E-state index in [-0.39, 0.29) is 38.0 Å². The number of unbranched alkanes of at least 4 members (excludes halogenated alkanes) is 9. The summed E-state index contributed by atoms with van der Waals surface area (Å²) >= 11 is 0. The largest absolute Gasteiger partial charge is 0.461 e. The Hall–Kier alpha value is -4.22. The highest BCUT2D eigenvalue weighted by atomic mass is 16.6. The molecule has 0 radical (unpaired) electrons. The summed E-state index contributed by atoms with van der Waals surface area (Å²) in [6, 6.07) is 0. The molecule has 346 valence electrons. The fourth-order valence-electron chi connectivity index (χ4n) is 5.86. The summed E-state index contributed by atoms with van der Waals surface area (Å²) in [5.74, 6) is -0.710. The fourth-order valence-corrected chi connectivity index (χ4v) is 5.86. The van der Waals surface area contributed by atoms with Gasteiger partial charge < -0.3 is 14.2 Å². The third kappa shape index (κ3) is 48.4. The summed E-state index contributed by atoms with van der Waals surface area (Å²) in [5.41, 5.74) is 0. The Morgan fingerprint density at radius 1 is 0.371 bits per heavy atom. The molecule has 0 N–H and O–H groups in total. The summed E-state index contributed by atoms with van der Waals surface area (Å²) < 4.78 is 17.1. The predicted molar refractivity (Wildman–Crippen MR) is 269 cm³/mol. The van der Waals surface area contributed by atoms with Crippen molar-refractivity contribution in [1.82, 2.24) is 0 Å². The standard InChI is InChI=1S/C57H88O5/c1-4-7-10-13-16-19-22-25-28-31-34-37-40-43-46-49-52-60-53-55(62-57(59)51-48-45-42-39-36-33-30-27-24-21-18-15-12-9-6-3)54-61-56(58)50-47-44-41-38-35-32-29-26-23-20-17-14-11-8-5-2/h8-9,11-12,16-21,25-30,35-36,38-39,44-45,47-48,55H,4-7,10,13-15,22-24,31-34,37,40-43,46,49-54H2,1-3H3/b11-8-,12-9-,19-16-,20-17-,21-18-,28-25-,29-26-,30-27-,38-35-,39-36-,47-44-,48-45-. The van der Waals surface area contributed by atoms with Crippen LogP contribution in [0.3, 0.4) is 0 Å². The minimum absolute atomic E-state index is 0.0232. The molecule has 5 nitrogen and oxygen atoms in total. The van der Waals surface area contributed by atoms with Crippen LogP contribution in [0.5, 0.6) is 0 Å². The first-order valence-electron chi connectivity index (χ1n) is 24.4. The van der Waals surface area contributed by atoms with Crippen LogP contribution in [-0.4, -0.2) is 37.9 Å². The lowest BCUT2D eigenvalue weighted by Gasteiger charge is -2.18. The van der Waals surface area contributed by atoms with Gasteiger partial charge in [-0.2, -0.15) is 0 Å². The SMILES string of the molecule is CC/C=C\C/C=C\C/C=C\C/C=C\C/C=C\CC(=O)OCC(COCCCCCCCC/C=C\C/C=C\CCCCC)OC(=O)C/C=C\C/C=C\C/C=C\C/C=C\C/C=C\CC. The van der Waals surface area contributed by atoms with E-state index >= 15 is 0 Å². The van der Waals surface area contributed by atoms with Crippen molar-refractivity contribution >= 4 is 11.9 Å². The maximum atomic E-state index is 12.7. The van der Waals surface area contributed by atoms with E-state index in [1.165, 1.54) is 51.4 Å². The Morgan fingerprint density at radius 2 is 0.726 bits per heavy atom. The van der Waals surface area contributed by atoms with Crippen molar-refractivity contribution in [2.45, 2.75) is 181 Å². The number of hydrogen-bond acceptors (Lipinski definition) is 5. The topological polar surface area (TPSA) is 61.8 Å². The molecule has 5 heteroatoms. The van der Waals surface area contributed by atoms with Gasteiger partial charge in [0.25, 0.3) is 0 Å². The van der Waals surface area contributed by atoms with Crippen LogP contribution in [0.25, 0.3) is 0 Å². The van der Waals surface area contributed by atoms with Crippen molar-refractivity contribution < 1.29 is 23.8 Å². The van der Waals surface area contributed by atoms with Gasteiger partial charge in [0, 0.05) is 6.61 Å². The number of rotatable bonds is 42. The average Bonchev–Trinajstić information content (AvgIpc) is 3.27. The number of allylic oxidation sites excluding steroid dienone is 22. The molecule has 0 aliphatic rings. The molecule has 0 heterocycles. The molecule has 0 aliphatic heterocycles. The zero-order chi connectivity index (χ0) is 44.9. The number of esters is 2. The molecule has 0 aromatic heterocycles. The van der Waals surface area contributed by atoms with Crippen LogP contribution in [0.15, 0.2) is 146 Å². The summed E-state index contributed by atoms with van der Waals surface area (Å²) in [4.78, 5) is 25.2. The number of hydrogen-bond donors (Lipinski definition) is 0. The van der Waals surface area contributed by atoms with Crippen LogP contribution in [0.4, 0.5) is 0 Å². The van der Waals surface area contributed by atoms with Gasteiger partial charge in [-0.15, -0.1) is 0 Å². The Balaban J connectivity index is 4.58. The van der Waals surface area contributed by atoms with E-state index in [0.717, 1.165) is 89.9 Å². The average molecular weight is 853 g/mol. The first-order chi connectivity index (χ1) is 30.6. The predicted octanol–water partition coefficient (Wildman–Crippen LogP) is 16.6. The first kappa shape index (κ1) is 57.8. The van der Waals surface area contributed by atoms with Crippen LogP contribution in [-0.2, 0) is 23.8 Å². The molecule has 0 saturated carbocycles. The monoisotopic (exact) mass is 853 g/mol. The van der Waals surface area contributed by atoms with Gasteiger partial charge in [-0.3, -0.25) is 9.59 Å². The van der Waals surface area contributed by atoms with Crippen molar-refractivity contribution in [2.75, 3.05) is 19.8 Å². The highest BCUT2D eigenvalue weighted by Gasteiger charge is 2.17. The highest BCUT2D eigenvalue weighted by Crippen LogP contribution is 2.09. The van der Waals surface area contributed by atoms with E-state index in [2.05, 4.69) is 142 Å². The zero-order valence-corrected chi connectivity index (χ0v) is 39.6. The minimum Gasteiger partial charge on any atom is -0.461 e. The Bertz CT molecular complexity index is 1380. The van der Waals surface area contributed by atoms with Gasteiger partial charge in [0.05, 0.1) is 19.4 Å². The van der Waals surface area contributed by atoms with Gasteiger partial charge in [0.15, 0.2) is 6.10 Å². The summed E-state index contributed by atoms with van der Waals surface area (Å²) in [7, 11) is 0. The molecule has 1 atom stereocenters. The fraction of sp³-hybridized carbons (Fsp3) is 0.544. The Kier molecular flexibility index (Phi) is 47.7. The van der Waals surface area contributed by atoms with Crippen molar-refractivity contribution in [3.05, 3.63) is 146 Å². The number of carbonyl (C=O) groups is 2.